The maximum absolute atomic E-state index is 9.22. The Balaban J connectivity index is 3.06. The lowest BCUT2D eigenvalue weighted by Crippen LogP contribution is -2.37. The molecule has 1 aromatic rings. The second-order valence-corrected chi connectivity index (χ2v) is 3.98. The van der Waals surface area contributed by atoms with Gasteiger partial charge in [-0.15, -0.1) is 0 Å². The summed E-state index contributed by atoms with van der Waals surface area (Å²) in [7, 11) is 0. The monoisotopic (exact) mass is 193 g/mol. The molecule has 0 aliphatic carbocycles. The minimum Gasteiger partial charge on any atom is -0.394 e. The number of rotatable bonds is 4. The Morgan fingerprint density at radius 1 is 1.36 bits per heavy atom. The van der Waals surface area contributed by atoms with E-state index in [1.54, 1.807) is 0 Å². The van der Waals surface area contributed by atoms with E-state index in [0.29, 0.717) is 0 Å². The first-order valence-electron chi connectivity index (χ1n) is 5.10. The largest absolute Gasteiger partial charge is 0.394 e. The molecule has 0 amide bonds. The fraction of sp³-hybridized carbons (Fsp3) is 0.500. The Kier molecular flexibility index (Phi) is 3.67. The van der Waals surface area contributed by atoms with Gasteiger partial charge in [0, 0.05) is 0 Å². The van der Waals surface area contributed by atoms with Crippen LogP contribution in [-0.4, -0.2) is 11.7 Å². The molecule has 2 nitrogen and oxygen atoms in total. The van der Waals surface area contributed by atoms with Gasteiger partial charge < -0.3 is 10.8 Å². The summed E-state index contributed by atoms with van der Waals surface area (Å²) in [6.07, 6.45) is 2.11. The lowest BCUT2D eigenvalue weighted by atomic mass is 9.88. The Morgan fingerprint density at radius 2 is 2.00 bits per heavy atom. The van der Waals surface area contributed by atoms with Gasteiger partial charge in [0.15, 0.2) is 0 Å². The molecule has 1 aromatic carbocycles. The Labute approximate surface area is 85.8 Å². The van der Waals surface area contributed by atoms with E-state index in [4.69, 9.17) is 5.73 Å². The summed E-state index contributed by atoms with van der Waals surface area (Å²) in [6, 6.07) is 8.07. The van der Waals surface area contributed by atoms with Crippen molar-refractivity contribution < 1.29 is 5.11 Å². The van der Waals surface area contributed by atoms with Gasteiger partial charge in [-0.05, 0) is 24.5 Å². The molecule has 0 fully saturated rings. The molecule has 0 aliphatic rings. The van der Waals surface area contributed by atoms with Gasteiger partial charge in [-0.25, -0.2) is 0 Å². The molecule has 0 spiro atoms. The summed E-state index contributed by atoms with van der Waals surface area (Å²) in [6.45, 7) is 3.98. The van der Waals surface area contributed by atoms with E-state index >= 15 is 0 Å². The third-order valence-corrected chi connectivity index (χ3v) is 2.48. The molecule has 0 aromatic heterocycles. The third-order valence-electron chi connectivity index (χ3n) is 2.48. The van der Waals surface area contributed by atoms with Crippen molar-refractivity contribution in [2.75, 3.05) is 6.61 Å². The normalized spacial score (nSPS) is 15.1. The molecule has 2 heteroatoms. The van der Waals surface area contributed by atoms with Crippen LogP contribution in [0.2, 0.25) is 0 Å². The number of aryl methyl sites for hydroxylation is 1. The van der Waals surface area contributed by atoms with E-state index in [2.05, 4.69) is 13.0 Å². The molecule has 78 valence electrons. The van der Waals surface area contributed by atoms with Gasteiger partial charge in [-0.1, -0.05) is 37.6 Å². The van der Waals surface area contributed by atoms with Crippen molar-refractivity contribution in [3.05, 3.63) is 35.4 Å². The zero-order valence-corrected chi connectivity index (χ0v) is 8.96. The van der Waals surface area contributed by atoms with Crippen molar-refractivity contribution in [3.63, 3.8) is 0 Å². The fourth-order valence-electron chi connectivity index (χ4n) is 1.65. The Hall–Kier alpha value is -0.860. The fourth-order valence-corrected chi connectivity index (χ4v) is 1.65. The molecule has 0 unspecified atom stereocenters. The summed E-state index contributed by atoms with van der Waals surface area (Å²) in [4.78, 5) is 0. The van der Waals surface area contributed by atoms with Crippen molar-refractivity contribution in [1.82, 2.24) is 0 Å². The molecule has 0 radical (unpaired) electrons. The standard InChI is InChI=1S/C12H19NO/c1-3-6-10-7-4-5-8-11(10)12(2,13)9-14/h4-5,7-8,14H,3,6,9,13H2,1-2H3/t12-/m0/s1. The predicted molar refractivity (Wildman–Crippen MR) is 59.1 cm³/mol. The lowest BCUT2D eigenvalue weighted by Gasteiger charge is -2.25. The van der Waals surface area contributed by atoms with Gasteiger partial charge in [-0.2, -0.15) is 0 Å². The predicted octanol–water partition coefficient (Wildman–Crippen LogP) is 1.81. The first-order valence-corrected chi connectivity index (χ1v) is 5.10. The molecule has 3 N–H and O–H groups in total. The van der Waals surface area contributed by atoms with Gasteiger partial charge >= 0.3 is 0 Å². The van der Waals surface area contributed by atoms with Crippen LogP contribution >= 0.6 is 0 Å². The number of nitrogens with two attached hydrogens (primary N) is 1. The molecule has 0 heterocycles. The van der Waals surface area contributed by atoms with Crippen molar-refractivity contribution in [2.24, 2.45) is 5.73 Å². The lowest BCUT2D eigenvalue weighted by molar-refractivity contribution is 0.209. The van der Waals surface area contributed by atoms with Gasteiger partial charge in [0.1, 0.15) is 0 Å². The van der Waals surface area contributed by atoms with Crippen LogP contribution in [0.3, 0.4) is 0 Å². The number of aliphatic hydroxyl groups excluding tert-OH is 1. The highest BCUT2D eigenvalue weighted by Gasteiger charge is 2.22. The number of benzene rings is 1. The third kappa shape index (κ3) is 2.34. The highest BCUT2D eigenvalue weighted by molar-refractivity contribution is 5.33. The van der Waals surface area contributed by atoms with E-state index in [9.17, 15) is 5.11 Å². The van der Waals surface area contributed by atoms with E-state index in [0.717, 1.165) is 18.4 Å². The Bertz CT molecular complexity index is 294. The Morgan fingerprint density at radius 3 is 2.57 bits per heavy atom. The van der Waals surface area contributed by atoms with Gasteiger partial charge in [0.25, 0.3) is 0 Å². The number of hydrogen-bond donors (Lipinski definition) is 2. The second-order valence-electron chi connectivity index (χ2n) is 3.98. The smallest absolute Gasteiger partial charge is 0.0650 e. The van der Waals surface area contributed by atoms with Crippen LogP contribution in [0.4, 0.5) is 0 Å². The summed E-state index contributed by atoms with van der Waals surface area (Å²) in [5, 5.41) is 9.22. The molecule has 0 bridgehead atoms. The quantitative estimate of drug-likeness (QED) is 0.766. The topological polar surface area (TPSA) is 46.2 Å². The van der Waals surface area contributed by atoms with Crippen LogP contribution in [0.15, 0.2) is 24.3 Å². The summed E-state index contributed by atoms with van der Waals surface area (Å²) in [5.74, 6) is 0. The van der Waals surface area contributed by atoms with E-state index in [-0.39, 0.29) is 6.61 Å². The maximum atomic E-state index is 9.22. The van der Waals surface area contributed by atoms with Crippen molar-refractivity contribution in [2.45, 2.75) is 32.2 Å². The minimum absolute atomic E-state index is 0.0201. The SMILES string of the molecule is CCCc1ccccc1[C@@](C)(N)CO. The zero-order valence-electron chi connectivity index (χ0n) is 8.96. The van der Waals surface area contributed by atoms with Crippen LogP contribution in [-0.2, 0) is 12.0 Å². The van der Waals surface area contributed by atoms with Crippen LogP contribution in [0.5, 0.6) is 0 Å². The average Bonchev–Trinajstić information content (AvgIpc) is 2.19. The van der Waals surface area contributed by atoms with Crippen molar-refractivity contribution in [1.29, 1.82) is 0 Å². The van der Waals surface area contributed by atoms with Gasteiger partial charge in [-0.3, -0.25) is 0 Å². The summed E-state index contributed by atoms with van der Waals surface area (Å²) < 4.78 is 0. The second kappa shape index (κ2) is 4.58. The van der Waals surface area contributed by atoms with Crippen LogP contribution in [0, 0.1) is 0 Å². The first-order chi connectivity index (χ1) is 6.61. The maximum Gasteiger partial charge on any atom is 0.0650 e. The molecule has 0 aliphatic heterocycles. The minimum atomic E-state index is -0.619. The van der Waals surface area contributed by atoms with E-state index in [1.165, 1.54) is 5.56 Å². The van der Waals surface area contributed by atoms with Crippen LogP contribution in [0.25, 0.3) is 0 Å². The van der Waals surface area contributed by atoms with Gasteiger partial charge in [0.05, 0.1) is 12.1 Å². The summed E-state index contributed by atoms with van der Waals surface area (Å²) in [5.41, 5.74) is 7.70. The van der Waals surface area contributed by atoms with Crippen molar-refractivity contribution in [3.8, 4) is 0 Å². The zero-order chi connectivity index (χ0) is 10.6. The molecular weight excluding hydrogens is 174 g/mol. The van der Waals surface area contributed by atoms with Crippen LogP contribution < -0.4 is 5.73 Å². The molecule has 0 saturated heterocycles. The summed E-state index contributed by atoms with van der Waals surface area (Å²) >= 11 is 0. The average molecular weight is 193 g/mol. The molecule has 0 saturated carbocycles. The van der Waals surface area contributed by atoms with E-state index in [1.807, 2.05) is 25.1 Å². The molecular formula is C12H19NO. The number of aliphatic hydroxyl groups is 1. The highest BCUT2D eigenvalue weighted by Crippen LogP contribution is 2.22. The molecule has 1 rings (SSSR count). The highest BCUT2D eigenvalue weighted by atomic mass is 16.3. The first kappa shape index (κ1) is 11.2. The van der Waals surface area contributed by atoms with Crippen LogP contribution in [0.1, 0.15) is 31.4 Å². The molecule has 1 atom stereocenters. The van der Waals surface area contributed by atoms with Crippen molar-refractivity contribution >= 4 is 0 Å². The van der Waals surface area contributed by atoms with E-state index < -0.39 is 5.54 Å². The molecule has 14 heavy (non-hydrogen) atoms. The number of hydrogen-bond acceptors (Lipinski definition) is 2. The van der Waals surface area contributed by atoms with Gasteiger partial charge in [0.2, 0.25) is 0 Å².